The maximum absolute atomic E-state index is 12.7. The fourth-order valence-electron chi connectivity index (χ4n) is 3.19. The lowest BCUT2D eigenvalue weighted by atomic mass is 10.2. The molecule has 7 nitrogen and oxygen atoms in total. The third kappa shape index (κ3) is 5.01. The van der Waals surface area contributed by atoms with E-state index in [1.807, 2.05) is 31.2 Å². The first-order valence-electron chi connectivity index (χ1n) is 9.91. The zero-order valence-electron chi connectivity index (χ0n) is 17.1. The van der Waals surface area contributed by atoms with Crippen LogP contribution in [0.25, 0.3) is 10.6 Å². The molecule has 0 radical (unpaired) electrons. The van der Waals surface area contributed by atoms with Crippen LogP contribution in [0, 0.1) is 6.92 Å². The number of amides is 1. The molecular formula is C22H23N3O4S2. The van der Waals surface area contributed by atoms with Gasteiger partial charge in [-0.25, -0.2) is 13.4 Å². The lowest BCUT2D eigenvalue weighted by Crippen LogP contribution is -2.40. The monoisotopic (exact) mass is 457 g/mol. The molecule has 9 heteroatoms. The minimum Gasteiger partial charge on any atom is -0.379 e. The van der Waals surface area contributed by atoms with Gasteiger partial charge >= 0.3 is 0 Å². The summed E-state index contributed by atoms with van der Waals surface area (Å²) < 4.78 is 32.0. The molecule has 1 aliphatic heterocycles. The molecule has 2 heterocycles. The smallest absolute Gasteiger partial charge is 0.271 e. The van der Waals surface area contributed by atoms with E-state index >= 15 is 0 Å². The molecule has 0 spiro atoms. The zero-order valence-corrected chi connectivity index (χ0v) is 18.7. The molecule has 31 heavy (non-hydrogen) atoms. The molecule has 1 fully saturated rings. The van der Waals surface area contributed by atoms with Crippen LogP contribution >= 0.6 is 11.3 Å². The van der Waals surface area contributed by atoms with Crippen molar-refractivity contribution in [2.45, 2.75) is 18.4 Å². The Morgan fingerprint density at radius 3 is 2.45 bits per heavy atom. The highest BCUT2D eigenvalue weighted by atomic mass is 32.2. The van der Waals surface area contributed by atoms with Gasteiger partial charge in [0.15, 0.2) is 0 Å². The van der Waals surface area contributed by atoms with Crippen LogP contribution in [0.1, 0.15) is 21.6 Å². The van der Waals surface area contributed by atoms with Gasteiger partial charge in [-0.15, -0.1) is 11.3 Å². The van der Waals surface area contributed by atoms with E-state index in [4.69, 9.17) is 4.74 Å². The van der Waals surface area contributed by atoms with Gasteiger partial charge in [-0.2, -0.15) is 4.31 Å². The van der Waals surface area contributed by atoms with Gasteiger partial charge in [0, 0.05) is 30.6 Å². The summed E-state index contributed by atoms with van der Waals surface area (Å²) in [7, 11) is -3.52. The fourth-order valence-corrected chi connectivity index (χ4v) is 5.41. The summed E-state index contributed by atoms with van der Waals surface area (Å²) in [4.78, 5) is 17.1. The Morgan fingerprint density at radius 2 is 1.77 bits per heavy atom. The summed E-state index contributed by atoms with van der Waals surface area (Å²) in [6.07, 6.45) is 0. The van der Waals surface area contributed by atoms with Crippen LogP contribution in [0.15, 0.2) is 58.8 Å². The molecule has 3 aromatic rings. The Hall–Kier alpha value is -2.59. The number of sulfonamides is 1. The van der Waals surface area contributed by atoms with E-state index in [9.17, 15) is 13.2 Å². The van der Waals surface area contributed by atoms with Crippen molar-refractivity contribution < 1.29 is 17.9 Å². The van der Waals surface area contributed by atoms with Crippen LogP contribution in [0.4, 0.5) is 0 Å². The second kappa shape index (κ2) is 9.27. The van der Waals surface area contributed by atoms with Crippen molar-refractivity contribution in [1.82, 2.24) is 14.6 Å². The van der Waals surface area contributed by atoms with E-state index in [2.05, 4.69) is 10.3 Å². The predicted molar refractivity (Wildman–Crippen MR) is 119 cm³/mol. The van der Waals surface area contributed by atoms with E-state index in [0.717, 1.165) is 16.1 Å². The van der Waals surface area contributed by atoms with E-state index in [1.54, 1.807) is 29.6 Å². The van der Waals surface area contributed by atoms with E-state index in [0.29, 0.717) is 32.0 Å². The van der Waals surface area contributed by atoms with Crippen molar-refractivity contribution in [3.63, 3.8) is 0 Å². The highest BCUT2D eigenvalue weighted by molar-refractivity contribution is 7.89. The number of morpholine rings is 1. The van der Waals surface area contributed by atoms with Gasteiger partial charge < -0.3 is 10.1 Å². The first-order valence-corrected chi connectivity index (χ1v) is 12.2. The lowest BCUT2D eigenvalue weighted by Gasteiger charge is -2.26. The highest BCUT2D eigenvalue weighted by Crippen LogP contribution is 2.24. The van der Waals surface area contributed by atoms with Crippen LogP contribution in [0.2, 0.25) is 0 Å². The number of rotatable bonds is 6. The minimum atomic E-state index is -3.52. The van der Waals surface area contributed by atoms with Crippen LogP contribution in [0.3, 0.4) is 0 Å². The predicted octanol–water partition coefficient (Wildman–Crippen LogP) is 3.07. The first kappa shape index (κ1) is 21.6. The van der Waals surface area contributed by atoms with Crippen molar-refractivity contribution in [2.24, 2.45) is 0 Å². The molecule has 4 rings (SSSR count). The average molecular weight is 458 g/mol. The Morgan fingerprint density at radius 1 is 1.10 bits per heavy atom. The van der Waals surface area contributed by atoms with E-state index < -0.39 is 10.0 Å². The lowest BCUT2D eigenvalue weighted by molar-refractivity contribution is 0.0730. The van der Waals surface area contributed by atoms with Gasteiger partial charge in [0.05, 0.1) is 18.1 Å². The minimum absolute atomic E-state index is 0.242. The summed E-state index contributed by atoms with van der Waals surface area (Å²) in [6, 6.07) is 14.6. The summed E-state index contributed by atoms with van der Waals surface area (Å²) in [6.45, 7) is 3.84. The number of nitrogens with zero attached hydrogens (tertiary/aromatic N) is 2. The number of ether oxygens (including phenoxy) is 1. The molecule has 162 valence electrons. The fraction of sp³-hybridized carbons (Fsp3) is 0.273. The number of carbonyl (C=O) groups is 1. The molecule has 0 atom stereocenters. The molecule has 1 aliphatic rings. The topological polar surface area (TPSA) is 88.6 Å². The number of aryl methyl sites for hydroxylation is 1. The quantitative estimate of drug-likeness (QED) is 0.615. The number of aromatic nitrogens is 1. The molecule has 0 aliphatic carbocycles. The average Bonchev–Trinajstić information content (AvgIpc) is 3.29. The number of carbonyl (C=O) groups excluding carboxylic acids is 1. The van der Waals surface area contributed by atoms with Crippen molar-refractivity contribution in [2.75, 3.05) is 26.3 Å². The van der Waals surface area contributed by atoms with Crippen LogP contribution in [0.5, 0.6) is 0 Å². The van der Waals surface area contributed by atoms with E-state index in [-0.39, 0.29) is 17.3 Å². The number of nitrogens with one attached hydrogen (secondary N) is 1. The molecule has 1 aromatic heterocycles. The Kier molecular flexibility index (Phi) is 6.47. The third-order valence-corrected chi connectivity index (χ3v) is 7.82. The maximum atomic E-state index is 12.7. The second-order valence-electron chi connectivity index (χ2n) is 7.25. The molecule has 1 N–H and O–H groups in total. The summed E-state index contributed by atoms with van der Waals surface area (Å²) in [5.41, 5.74) is 3.32. The van der Waals surface area contributed by atoms with Crippen molar-refractivity contribution in [3.05, 3.63) is 70.7 Å². The first-order chi connectivity index (χ1) is 14.9. The standard InChI is InChI=1S/C22H23N3O4S2/c1-16-2-6-18(7-3-16)22-24-20(15-30-22)21(26)23-14-17-4-8-19(9-5-17)31(27,28)25-10-12-29-13-11-25/h2-9,15H,10-14H2,1H3,(H,23,26). The van der Waals surface area contributed by atoms with Crippen LogP contribution < -0.4 is 5.32 Å². The van der Waals surface area contributed by atoms with Crippen molar-refractivity contribution in [1.29, 1.82) is 0 Å². The second-order valence-corrected chi connectivity index (χ2v) is 10.0. The molecule has 1 amide bonds. The van der Waals surface area contributed by atoms with Crippen LogP contribution in [-0.2, 0) is 21.3 Å². The molecule has 1 saturated heterocycles. The van der Waals surface area contributed by atoms with Crippen LogP contribution in [-0.4, -0.2) is 49.9 Å². The number of benzene rings is 2. The van der Waals surface area contributed by atoms with Gasteiger partial charge in [-0.05, 0) is 24.6 Å². The van der Waals surface area contributed by atoms with Gasteiger partial charge in [0.25, 0.3) is 5.91 Å². The molecular weight excluding hydrogens is 434 g/mol. The zero-order chi connectivity index (χ0) is 21.8. The Balaban J connectivity index is 1.37. The maximum Gasteiger partial charge on any atom is 0.271 e. The normalized spacial score (nSPS) is 15.0. The summed E-state index contributed by atoms with van der Waals surface area (Å²) >= 11 is 1.42. The van der Waals surface area contributed by atoms with Crippen molar-refractivity contribution in [3.8, 4) is 10.6 Å². The number of hydrogen-bond donors (Lipinski definition) is 1. The van der Waals surface area contributed by atoms with Gasteiger partial charge in [0.1, 0.15) is 10.7 Å². The van der Waals surface area contributed by atoms with Gasteiger partial charge in [-0.1, -0.05) is 42.0 Å². The molecule has 2 aromatic carbocycles. The largest absolute Gasteiger partial charge is 0.379 e. The van der Waals surface area contributed by atoms with Gasteiger partial charge in [0.2, 0.25) is 10.0 Å². The SMILES string of the molecule is Cc1ccc(-c2nc(C(=O)NCc3ccc(S(=O)(=O)N4CCOCC4)cc3)cs2)cc1. The molecule has 0 bridgehead atoms. The molecule has 0 saturated carbocycles. The van der Waals surface area contributed by atoms with Gasteiger partial charge in [-0.3, -0.25) is 4.79 Å². The van der Waals surface area contributed by atoms with E-state index in [1.165, 1.54) is 21.2 Å². The number of thiazole rings is 1. The summed E-state index contributed by atoms with van der Waals surface area (Å²) in [5, 5.41) is 5.37. The number of hydrogen-bond acceptors (Lipinski definition) is 6. The Labute approximate surface area is 185 Å². The third-order valence-electron chi connectivity index (χ3n) is 5.02. The Bertz CT molecular complexity index is 1150. The van der Waals surface area contributed by atoms with Crippen molar-refractivity contribution >= 4 is 27.3 Å². The summed E-state index contributed by atoms with van der Waals surface area (Å²) in [5.74, 6) is -0.264. The molecule has 0 unspecified atom stereocenters. The highest BCUT2D eigenvalue weighted by Gasteiger charge is 2.26.